The summed E-state index contributed by atoms with van der Waals surface area (Å²) in [6.45, 7) is 2.95. The maximum absolute atomic E-state index is 12.9. The Kier molecular flexibility index (Phi) is 2.65. The fourth-order valence-corrected chi connectivity index (χ4v) is 4.67. The number of carbonyl (C=O) groups is 1. The van der Waals surface area contributed by atoms with Crippen molar-refractivity contribution >= 4 is 16.8 Å². The number of amides is 1. The monoisotopic (exact) mass is 295 g/mol. The Morgan fingerprint density at radius 3 is 2.95 bits per heavy atom. The summed E-state index contributed by atoms with van der Waals surface area (Å²) in [5, 5.41) is 1.34. The summed E-state index contributed by atoms with van der Waals surface area (Å²) < 4.78 is 0. The van der Waals surface area contributed by atoms with Gasteiger partial charge in [0.1, 0.15) is 0 Å². The molecule has 2 unspecified atom stereocenters. The molecule has 0 radical (unpaired) electrons. The third-order valence-corrected chi connectivity index (χ3v) is 5.75. The summed E-state index contributed by atoms with van der Waals surface area (Å²) in [6, 6.07) is 8.90. The van der Waals surface area contributed by atoms with Gasteiger partial charge >= 0.3 is 0 Å². The van der Waals surface area contributed by atoms with Crippen molar-refractivity contribution in [3.63, 3.8) is 0 Å². The third-order valence-electron chi connectivity index (χ3n) is 5.75. The van der Waals surface area contributed by atoms with Crippen LogP contribution in [0.15, 0.2) is 24.3 Å². The number of carbonyl (C=O) groups excluding carboxylic acids is 1. The van der Waals surface area contributed by atoms with Crippen molar-refractivity contribution in [1.82, 2.24) is 14.8 Å². The summed E-state index contributed by atoms with van der Waals surface area (Å²) >= 11 is 0. The number of hydrogen-bond acceptors (Lipinski definition) is 2. The maximum Gasteiger partial charge on any atom is 0.240 e. The second-order valence-corrected chi connectivity index (χ2v) is 6.87. The average Bonchev–Trinajstić information content (AvgIpc) is 2.94. The quantitative estimate of drug-likeness (QED) is 0.811. The van der Waals surface area contributed by atoms with E-state index >= 15 is 0 Å². The molecule has 3 aliphatic heterocycles. The minimum atomic E-state index is 0.149. The highest BCUT2D eigenvalue weighted by Crippen LogP contribution is 2.39. The van der Waals surface area contributed by atoms with Crippen LogP contribution in [0.2, 0.25) is 0 Å². The van der Waals surface area contributed by atoms with Crippen molar-refractivity contribution in [2.24, 2.45) is 0 Å². The van der Waals surface area contributed by atoms with Crippen LogP contribution < -0.4 is 0 Å². The fourth-order valence-electron chi connectivity index (χ4n) is 4.67. The molecule has 0 aliphatic carbocycles. The Bertz CT molecular complexity index is 750. The Morgan fingerprint density at radius 2 is 2.00 bits per heavy atom. The SMILES string of the molecule is O=C1C2CCCCN2CC2c3[nH]c4ccccc4c3CCN12. The lowest BCUT2D eigenvalue weighted by molar-refractivity contribution is -0.149. The number of hydrogen-bond donors (Lipinski definition) is 1. The summed E-state index contributed by atoms with van der Waals surface area (Å²) in [4.78, 5) is 21.1. The van der Waals surface area contributed by atoms with Crippen LogP contribution in [0.3, 0.4) is 0 Å². The lowest BCUT2D eigenvalue weighted by Crippen LogP contribution is -2.60. The van der Waals surface area contributed by atoms with Crippen LogP contribution in [0.4, 0.5) is 0 Å². The highest BCUT2D eigenvalue weighted by molar-refractivity contribution is 5.87. The average molecular weight is 295 g/mol. The van der Waals surface area contributed by atoms with Gasteiger partial charge in [-0.15, -0.1) is 0 Å². The molecule has 1 N–H and O–H groups in total. The van der Waals surface area contributed by atoms with E-state index in [1.54, 1.807) is 0 Å². The predicted molar refractivity (Wildman–Crippen MR) is 85.7 cm³/mol. The van der Waals surface area contributed by atoms with Gasteiger partial charge in [0.25, 0.3) is 0 Å². The van der Waals surface area contributed by atoms with E-state index in [4.69, 9.17) is 0 Å². The standard InChI is InChI=1S/C18H21N3O/c22-18-15-7-3-4-9-20(15)11-16-17-13(8-10-21(16)18)12-5-1-2-6-14(12)19-17/h1-2,5-6,15-16,19H,3-4,7-11H2. The van der Waals surface area contributed by atoms with E-state index < -0.39 is 0 Å². The number of piperazine rings is 1. The zero-order valence-corrected chi connectivity index (χ0v) is 12.7. The Labute approximate surface area is 130 Å². The van der Waals surface area contributed by atoms with Gasteiger partial charge in [-0.2, -0.15) is 0 Å². The number of rotatable bonds is 0. The second-order valence-electron chi connectivity index (χ2n) is 6.87. The normalized spacial score (nSPS) is 28.4. The first-order valence-electron chi connectivity index (χ1n) is 8.47. The minimum absolute atomic E-state index is 0.149. The molecule has 0 bridgehead atoms. The van der Waals surface area contributed by atoms with Crippen LogP contribution >= 0.6 is 0 Å². The molecule has 1 aromatic heterocycles. The number of nitrogens with one attached hydrogen (secondary N) is 1. The number of nitrogens with zero attached hydrogens (tertiary/aromatic N) is 2. The van der Waals surface area contributed by atoms with Crippen LogP contribution in [-0.2, 0) is 11.2 Å². The zero-order valence-electron chi connectivity index (χ0n) is 12.7. The number of aromatic amines is 1. The van der Waals surface area contributed by atoms with E-state index in [1.807, 2.05) is 0 Å². The Balaban J connectivity index is 1.60. The molecule has 4 nitrogen and oxygen atoms in total. The second kappa shape index (κ2) is 4.59. The van der Waals surface area contributed by atoms with Gasteiger partial charge in [0.2, 0.25) is 5.91 Å². The molecule has 2 aromatic rings. The molecule has 4 heteroatoms. The van der Waals surface area contributed by atoms with Crippen molar-refractivity contribution < 1.29 is 4.79 Å². The number of fused-ring (bicyclic) bond motifs is 6. The zero-order chi connectivity index (χ0) is 14.7. The summed E-state index contributed by atoms with van der Waals surface area (Å²) in [5.41, 5.74) is 3.92. The van der Waals surface area contributed by atoms with Gasteiger partial charge in [0.05, 0.1) is 12.1 Å². The van der Waals surface area contributed by atoms with Gasteiger partial charge in [-0.1, -0.05) is 24.6 Å². The lowest BCUT2D eigenvalue weighted by atomic mass is 9.90. The first-order chi connectivity index (χ1) is 10.8. The highest BCUT2D eigenvalue weighted by atomic mass is 16.2. The Hall–Kier alpha value is -1.81. The highest BCUT2D eigenvalue weighted by Gasteiger charge is 2.44. The molecular formula is C18H21N3O. The molecule has 2 fully saturated rings. The van der Waals surface area contributed by atoms with Gasteiger partial charge in [-0.25, -0.2) is 0 Å². The van der Waals surface area contributed by atoms with E-state index in [0.29, 0.717) is 5.91 Å². The van der Waals surface area contributed by atoms with Crippen LogP contribution in [0.1, 0.15) is 36.6 Å². The molecule has 114 valence electrons. The van der Waals surface area contributed by atoms with E-state index in [1.165, 1.54) is 35.0 Å². The number of H-pyrrole nitrogens is 1. The van der Waals surface area contributed by atoms with Crippen molar-refractivity contribution in [2.45, 2.75) is 37.8 Å². The van der Waals surface area contributed by atoms with Crippen LogP contribution in [0.25, 0.3) is 10.9 Å². The van der Waals surface area contributed by atoms with Crippen molar-refractivity contribution in [3.05, 3.63) is 35.5 Å². The number of aromatic nitrogens is 1. The summed E-state index contributed by atoms with van der Waals surface area (Å²) in [6.07, 6.45) is 4.45. The molecular weight excluding hydrogens is 274 g/mol. The van der Waals surface area contributed by atoms with Gasteiger partial charge in [-0.05, 0) is 37.4 Å². The van der Waals surface area contributed by atoms with Gasteiger partial charge in [-0.3, -0.25) is 9.69 Å². The smallest absolute Gasteiger partial charge is 0.240 e. The summed E-state index contributed by atoms with van der Waals surface area (Å²) in [5.74, 6) is 0.361. The van der Waals surface area contributed by atoms with Crippen LogP contribution in [-0.4, -0.2) is 46.4 Å². The molecule has 1 aromatic carbocycles. The van der Waals surface area contributed by atoms with Gasteiger partial charge < -0.3 is 9.88 Å². The van der Waals surface area contributed by atoms with Crippen molar-refractivity contribution in [2.75, 3.05) is 19.6 Å². The molecule has 2 atom stereocenters. The molecule has 2 saturated heterocycles. The largest absolute Gasteiger partial charge is 0.356 e. The Morgan fingerprint density at radius 1 is 1.09 bits per heavy atom. The molecule has 3 aliphatic rings. The first-order valence-corrected chi connectivity index (χ1v) is 8.47. The van der Waals surface area contributed by atoms with Crippen LogP contribution in [0, 0.1) is 0 Å². The minimum Gasteiger partial charge on any atom is -0.356 e. The number of para-hydroxylation sites is 1. The first kappa shape index (κ1) is 12.7. The molecule has 0 saturated carbocycles. The van der Waals surface area contributed by atoms with Crippen LogP contribution in [0.5, 0.6) is 0 Å². The predicted octanol–water partition coefficient (Wildman–Crippen LogP) is 2.46. The van der Waals surface area contributed by atoms with Crippen molar-refractivity contribution in [1.29, 1.82) is 0 Å². The third kappa shape index (κ3) is 1.64. The number of piperidine rings is 1. The molecule has 0 spiro atoms. The molecule has 1 amide bonds. The topological polar surface area (TPSA) is 39.3 Å². The fraction of sp³-hybridized carbons (Fsp3) is 0.500. The van der Waals surface area contributed by atoms with E-state index in [0.717, 1.165) is 32.5 Å². The van der Waals surface area contributed by atoms with E-state index in [-0.39, 0.29) is 12.1 Å². The summed E-state index contributed by atoms with van der Waals surface area (Å²) in [7, 11) is 0. The maximum atomic E-state index is 12.9. The van der Waals surface area contributed by atoms with Gasteiger partial charge in [0, 0.05) is 29.7 Å². The molecule has 5 rings (SSSR count). The number of benzene rings is 1. The van der Waals surface area contributed by atoms with E-state index in [2.05, 4.69) is 39.0 Å². The van der Waals surface area contributed by atoms with Gasteiger partial charge in [0.15, 0.2) is 0 Å². The van der Waals surface area contributed by atoms with Crippen molar-refractivity contribution in [3.8, 4) is 0 Å². The lowest BCUT2D eigenvalue weighted by Gasteiger charge is -2.49. The molecule has 22 heavy (non-hydrogen) atoms. The van der Waals surface area contributed by atoms with E-state index in [9.17, 15) is 4.79 Å². The molecule has 4 heterocycles.